The highest BCUT2D eigenvalue weighted by Crippen LogP contribution is 2.39. The number of nitrogens with zero attached hydrogens (tertiary/aromatic N) is 2. The Morgan fingerprint density at radius 2 is 2.00 bits per heavy atom. The van der Waals surface area contributed by atoms with Crippen LogP contribution < -0.4 is 0 Å². The first-order chi connectivity index (χ1) is 12.4. The number of amides is 2. The van der Waals surface area contributed by atoms with Crippen LogP contribution in [-0.2, 0) is 16.0 Å². The quantitative estimate of drug-likeness (QED) is 0.883. The first kappa shape index (κ1) is 18.8. The Morgan fingerprint density at radius 3 is 2.73 bits per heavy atom. The highest BCUT2D eigenvalue weighted by Gasteiger charge is 2.42. The molecule has 1 aromatic carbocycles. The third-order valence-corrected chi connectivity index (χ3v) is 5.47. The highest BCUT2D eigenvalue weighted by molar-refractivity contribution is 5.79. The highest BCUT2D eigenvalue weighted by atomic mass is 19.2. The van der Waals surface area contributed by atoms with Crippen molar-refractivity contribution in [3.05, 3.63) is 35.4 Å². The summed E-state index contributed by atoms with van der Waals surface area (Å²) in [7, 11) is 0. The van der Waals surface area contributed by atoms with Crippen molar-refractivity contribution in [3.63, 3.8) is 0 Å². The average Bonchev–Trinajstić information content (AvgIpc) is 2.62. The van der Waals surface area contributed by atoms with Gasteiger partial charge in [0.1, 0.15) is 0 Å². The molecule has 2 aliphatic heterocycles. The van der Waals surface area contributed by atoms with Crippen LogP contribution in [-0.4, -0.2) is 59.5 Å². The number of rotatable bonds is 4. The molecule has 0 aliphatic carbocycles. The van der Waals surface area contributed by atoms with Gasteiger partial charge in [0.25, 0.3) is 0 Å². The lowest BCUT2D eigenvalue weighted by Crippen LogP contribution is -2.55. The molecule has 2 amide bonds. The number of aliphatic hydroxyl groups excluding tert-OH is 1. The number of hydrogen-bond donors (Lipinski definition) is 1. The molecule has 0 unspecified atom stereocenters. The lowest BCUT2D eigenvalue weighted by atomic mass is 9.73. The SMILES string of the molecule is O=C1CC[C@]2(CCCN(C(=O)Cc3ccc(F)c(F)c3)C2)CN1CCO. The number of hydrogen-bond acceptors (Lipinski definition) is 3. The van der Waals surface area contributed by atoms with Crippen molar-refractivity contribution in [2.45, 2.75) is 32.1 Å². The molecule has 1 aromatic rings. The van der Waals surface area contributed by atoms with E-state index in [0.717, 1.165) is 31.4 Å². The van der Waals surface area contributed by atoms with Gasteiger partial charge in [-0.2, -0.15) is 0 Å². The van der Waals surface area contributed by atoms with Crippen molar-refractivity contribution < 1.29 is 23.5 Å². The summed E-state index contributed by atoms with van der Waals surface area (Å²) in [5.74, 6) is -1.93. The zero-order valence-electron chi connectivity index (χ0n) is 14.7. The molecule has 26 heavy (non-hydrogen) atoms. The van der Waals surface area contributed by atoms with Crippen LogP contribution in [0, 0.1) is 17.0 Å². The van der Waals surface area contributed by atoms with Crippen molar-refractivity contribution in [1.82, 2.24) is 9.80 Å². The molecule has 0 aromatic heterocycles. The molecule has 0 radical (unpaired) electrons. The van der Waals surface area contributed by atoms with Crippen LogP contribution in [0.1, 0.15) is 31.2 Å². The maximum absolute atomic E-state index is 13.4. The number of benzene rings is 1. The van der Waals surface area contributed by atoms with Crippen LogP contribution in [0.15, 0.2) is 18.2 Å². The Morgan fingerprint density at radius 1 is 1.19 bits per heavy atom. The lowest BCUT2D eigenvalue weighted by molar-refractivity contribution is -0.143. The maximum atomic E-state index is 13.4. The fraction of sp³-hybridized carbons (Fsp3) is 0.579. The zero-order valence-corrected chi connectivity index (χ0v) is 14.7. The molecular weight excluding hydrogens is 342 g/mol. The topological polar surface area (TPSA) is 60.9 Å². The van der Waals surface area contributed by atoms with Crippen molar-refractivity contribution >= 4 is 11.8 Å². The standard InChI is InChI=1S/C19H24F2N2O3/c20-15-3-2-14(10-16(15)21)11-18(26)22-7-1-5-19(12-22)6-4-17(25)23(13-19)8-9-24/h2-3,10,24H,1,4-9,11-13H2/t19-/m0/s1. The Hall–Kier alpha value is -2.02. The molecule has 2 aliphatic rings. The number of piperidine rings is 2. The van der Waals surface area contributed by atoms with Crippen molar-refractivity contribution in [1.29, 1.82) is 0 Å². The van der Waals surface area contributed by atoms with Crippen LogP contribution >= 0.6 is 0 Å². The Balaban J connectivity index is 1.66. The summed E-state index contributed by atoms with van der Waals surface area (Å²) in [6.45, 7) is 2.01. The molecule has 3 rings (SSSR count). The summed E-state index contributed by atoms with van der Waals surface area (Å²) < 4.78 is 26.4. The van der Waals surface area contributed by atoms with Crippen LogP contribution in [0.5, 0.6) is 0 Å². The average molecular weight is 366 g/mol. The second kappa shape index (κ2) is 7.70. The Bertz CT molecular complexity index is 697. The fourth-order valence-electron chi connectivity index (χ4n) is 4.12. The summed E-state index contributed by atoms with van der Waals surface area (Å²) in [5, 5.41) is 9.15. The minimum Gasteiger partial charge on any atom is -0.395 e. The van der Waals surface area contributed by atoms with Crippen LogP contribution in [0.3, 0.4) is 0 Å². The van der Waals surface area contributed by atoms with Gasteiger partial charge in [-0.1, -0.05) is 6.07 Å². The van der Waals surface area contributed by atoms with Gasteiger partial charge in [-0.25, -0.2) is 8.78 Å². The first-order valence-corrected chi connectivity index (χ1v) is 9.03. The van der Waals surface area contributed by atoms with Crippen molar-refractivity contribution in [3.8, 4) is 0 Å². The third-order valence-electron chi connectivity index (χ3n) is 5.47. The van der Waals surface area contributed by atoms with E-state index in [1.165, 1.54) is 6.07 Å². The molecule has 142 valence electrons. The summed E-state index contributed by atoms with van der Waals surface area (Å²) in [5.41, 5.74) is 0.319. The molecule has 7 heteroatoms. The molecule has 5 nitrogen and oxygen atoms in total. The summed E-state index contributed by atoms with van der Waals surface area (Å²) in [6.07, 6.45) is 3.00. The van der Waals surface area contributed by atoms with E-state index in [4.69, 9.17) is 5.11 Å². The summed E-state index contributed by atoms with van der Waals surface area (Å²) in [4.78, 5) is 28.1. The number of carbonyl (C=O) groups is 2. The van der Waals surface area contributed by atoms with Crippen LogP contribution in [0.4, 0.5) is 8.78 Å². The molecule has 2 saturated heterocycles. The smallest absolute Gasteiger partial charge is 0.227 e. The van der Waals surface area contributed by atoms with Gasteiger partial charge in [0.2, 0.25) is 11.8 Å². The number of carbonyl (C=O) groups excluding carboxylic acids is 2. The van der Waals surface area contributed by atoms with Crippen molar-refractivity contribution in [2.75, 3.05) is 32.8 Å². The second-order valence-corrected chi connectivity index (χ2v) is 7.38. The minimum absolute atomic E-state index is 0.0343. The Labute approximate surface area is 151 Å². The Kier molecular flexibility index (Phi) is 5.55. The molecule has 1 atom stereocenters. The van der Waals surface area contributed by atoms with Gasteiger partial charge >= 0.3 is 0 Å². The van der Waals surface area contributed by atoms with E-state index in [0.29, 0.717) is 38.2 Å². The molecule has 2 heterocycles. The normalized spacial score (nSPS) is 23.6. The van der Waals surface area contributed by atoms with E-state index >= 15 is 0 Å². The van der Waals surface area contributed by atoms with Crippen LogP contribution in [0.2, 0.25) is 0 Å². The third kappa shape index (κ3) is 4.03. The van der Waals surface area contributed by atoms with Gasteiger partial charge in [-0.15, -0.1) is 0 Å². The molecule has 0 bridgehead atoms. The van der Waals surface area contributed by atoms with Gasteiger partial charge in [-0.3, -0.25) is 9.59 Å². The second-order valence-electron chi connectivity index (χ2n) is 7.38. The maximum Gasteiger partial charge on any atom is 0.227 e. The van der Waals surface area contributed by atoms with E-state index in [-0.39, 0.29) is 30.3 Å². The van der Waals surface area contributed by atoms with E-state index in [1.54, 1.807) is 9.80 Å². The molecule has 1 N–H and O–H groups in total. The van der Waals surface area contributed by atoms with Gasteiger partial charge in [0, 0.05) is 38.0 Å². The van der Waals surface area contributed by atoms with Gasteiger partial charge in [0.15, 0.2) is 11.6 Å². The molecule has 1 spiro atoms. The molecular formula is C19H24F2N2O3. The minimum atomic E-state index is -0.948. The fourth-order valence-corrected chi connectivity index (χ4v) is 4.12. The monoisotopic (exact) mass is 366 g/mol. The number of aliphatic hydroxyl groups is 1. The van der Waals surface area contributed by atoms with E-state index in [9.17, 15) is 18.4 Å². The predicted octanol–water partition coefficient (Wildman–Crippen LogP) is 1.73. The van der Waals surface area contributed by atoms with E-state index < -0.39 is 11.6 Å². The largest absolute Gasteiger partial charge is 0.395 e. The van der Waals surface area contributed by atoms with E-state index in [1.807, 2.05) is 0 Å². The molecule has 0 saturated carbocycles. The van der Waals surface area contributed by atoms with Crippen LogP contribution in [0.25, 0.3) is 0 Å². The number of β-amino-alcohol motifs (C(OH)–C–C–N with tert-alkyl or cyclic N) is 1. The van der Waals surface area contributed by atoms with E-state index in [2.05, 4.69) is 0 Å². The predicted molar refractivity (Wildman–Crippen MR) is 91.2 cm³/mol. The van der Waals surface area contributed by atoms with Gasteiger partial charge in [-0.05, 0) is 37.0 Å². The number of halogens is 2. The molecule has 2 fully saturated rings. The first-order valence-electron chi connectivity index (χ1n) is 9.03. The van der Waals surface area contributed by atoms with Crippen molar-refractivity contribution in [2.24, 2.45) is 5.41 Å². The van der Waals surface area contributed by atoms with Gasteiger partial charge in [0.05, 0.1) is 13.0 Å². The zero-order chi connectivity index (χ0) is 18.7. The number of likely N-dealkylation sites (tertiary alicyclic amines) is 2. The van der Waals surface area contributed by atoms with Gasteiger partial charge < -0.3 is 14.9 Å². The summed E-state index contributed by atoms with van der Waals surface area (Å²) in [6, 6.07) is 3.53. The summed E-state index contributed by atoms with van der Waals surface area (Å²) >= 11 is 0. The lowest BCUT2D eigenvalue weighted by Gasteiger charge is -2.48.